The topological polar surface area (TPSA) is 86.8 Å². The van der Waals surface area contributed by atoms with Crippen molar-refractivity contribution < 1.29 is 35.6 Å². The highest BCUT2D eigenvalue weighted by atomic mass is 35.5. The van der Waals surface area contributed by atoms with Gasteiger partial charge in [-0.15, -0.1) is 0 Å². The fourth-order valence-corrected chi connectivity index (χ4v) is 6.66. The van der Waals surface area contributed by atoms with Crippen LogP contribution in [0.5, 0.6) is 0 Å². The van der Waals surface area contributed by atoms with Gasteiger partial charge in [0.25, 0.3) is 10.0 Å². The molecule has 7 nitrogen and oxygen atoms in total. The summed E-state index contributed by atoms with van der Waals surface area (Å²) in [4.78, 5) is 29.3. The summed E-state index contributed by atoms with van der Waals surface area (Å²) < 4.78 is 84.6. The van der Waals surface area contributed by atoms with Crippen LogP contribution < -0.4 is 9.62 Å². The Kier molecular flexibility index (Phi) is 12.1. The van der Waals surface area contributed by atoms with Crippen molar-refractivity contribution in [2.24, 2.45) is 0 Å². The van der Waals surface area contributed by atoms with Crippen molar-refractivity contribution in [2.75, 3.05) is 10.8 Å². The van der Waals surface area contributed by atoms with E-state index in [9.17, 15) is 35.6 Å². The molecular formula is C36H36ClF4N3O4S. The first kappa shape index (κ1) is 37.4. The molecule has 260 valence electrons. The molecule has 49 heavy (non-hydrogen) atoms. The Morgan fingerprint density at radius 2 is 1.53 bits per heavy atom. The van der Waals surface area contributed by atoms with E-state index in [-0.39, 0.29) is 23.9 Å². The smallest absolute Gasteiger partial charge is 0.352 e. The molecule has 4 aromatic carbocycles. The molecule has 0 radical (unpaired) electrons. The number of rotatable bonds is 13. The molecule has 0 aliphatic rings. The Hall–Kier alpha value is -4.42. The van der Waals surface area contributed by atoms with Crippen LogP contribution >= 0.6 is 11.6 Å². The van der Waals surface area contributed by atoms with Gasteiger partial charge < -0.3 is 10.2 Å². The van der Waals surface area contributed by atoms with Crippen molar-refractivity contribution in [1.29, 1.82) is 0 Å². The normalized spacial score (nSPS) is 13.0. The summed E-state index contributed by atoms with van der Waals surface area (Å²) in [6, 6.07) is 20.8. The zero-order valence-electron chi connectivity index (χ0n) is 27.0. The van der Waals surface area contributed by atoms with Crippen LogP contribution in [0.1, 0.15) is 42.5 Å². The Balaban J connectivity index is 1.87. The van der Waals surface area contributed by atoms with E-state index in [0.717, 1.165) is 17.7 Å². The average molecular weight is 718 g/mol. The number of anilines is 1. The molecule has 0 unspecified atom stereocenters. The standard InChI is InChI=1S/C36H36ClF4N3O4S/c1-4-25(3)42-35(46)33(20-26-8-6-5-7-9-26)43(22-27-12-14-28(38)15-13-27)34(45)23-44(49(47,48)30-17-10-24(2)11-18-30)29-16-19-32(37)31(21-29)36(39,40)41/h5-19,21,25,33H,4,20,22-23H2,1-3H3,(H,42,46)/t25-,33-/m0/s1. The van der Waals surface area contributed by atoms with Crippen LogP contribution in [0, 0.1) is 12.7 Å². The molecule has 0 aromatic heterocycles. The molecule has 0 saturated heterocycles. The molecule has 4 aromatic rings. The summed E-state index contributed by atoms with van der Waals surface area (Å²) in [5.41, 5.74) is 0.106. The maximum absolute atomic E-state index is 14.5. The first-order valence-electron chi connectivity index (χ1n) is 15.4. The lowest BCUT2D eigenvalue weighted by atomic mass is 10.0. The molecule has 0 fully saturated rings. The number of carbonyl (C=O) groups excluding carboxylic acids is 2. The van der Waals surface area contributed by atoms with Gasteiger partial charge in [-0.1, -0.05) is 78.7 Å². The monoisotopic (exact) mass is 717 g/mol. The zero-order chi connectivity index (χ0) is 35.9. The largest absolute Gasteiger partial charge is 0.417 e. The predicted molar refractivity (Wildman–Crippen MR) is 181 cm³/mol. The van der Waals surface area contributed by atoms with Gasteiger partial charge in [0.1, 0.15) is 18.4 Å². The third kappa shape index (κ3) is 9.60. The molecule has 0 aliphatic carbocycles. The summed E-state index contributed by atoms with van der Waals surface area (Å²) in [6.45, 7) is 4.18. The van der Waals surface area contributed by atoms with Gasteiger partial charge in [0.2, 0.25) is 11.8 Å². The van der Waals surface area contributed by atoms with E-state index >= 15 is 0 Å². The summed E-state index contributed by atoms with van der Waals surface area (Å²) in [5.74, 6) is -1.94. The van der Waals surface area contributed by atoms with Crippen molar-refractivity contribution in [3.05, 3.63) is 130 Å². The quantitative estimate of drug-likeness (QED) is 0.145. The van der Waals surface area contributed by atoms with Crippen molar-refractivity contribution in [3.63, 3.8) is 0 Å². The van der Waals surface area contributed by atoms with E-state index in [4.69, 9.17) is 11.6 Å². The van der Waals surface area contributed by atoms with Crippen LogP contribution in [0.3, 0.4) is 0 Å². The van der Waals surface area contributed by atoms with E-state index in [2.05, 4.69) is 5.32 Å². The molecule has 0 heterocycles. The second-order valence-electron chi connectivity index (χ2n) is 11.7. The molecule has 2 amide bonds. The number of nitrogens with one attached hydrogen (secondary N) is 1. The van der Waals surface area contributed by atoms with E-state index < -0.39 is 62.7 Å². The van der Waals surface area contributed by atoms with Crippen molar-refractivity contribution in [2.45, 2.75) is 63.3 Å². The highest BCUT2D eigenvalue weighted by molar-refractivity contribution is 7.92. The molecule has 1 N–H and O–H groups in total. The molecule has 0 bridgehead atoms. The number of amides is 2. The summed E-state index contributed by atoms with van der Waals surface area (Å²) in [7, 11) is -4.66. The summed E-state index contributed by atoms with van der Waals surface area (Å²) in [5, 5.41) is 2.24. The Labute approximate surface area is 288 Å². The fourth-order valence-electron chi connectivity index (χ4n) is 5.03. The van der Waals surface area contributed by atoms with Crippen LogP contribution in [0.15, 0.2) is 102 Å². The number of sulfonamides is 1. The van der Waals surface area contributed by atoms with Gasteiger partial charge in [0.05, 0.1) is 21.2 Å². The van der Waals surface area contributed by atoms with E-state index in [1.54, 1.807) is 44.2 Å². The lowest BCUT2D eigenvalue weighted by Gasteiger charge is -2.34. The maximum atomic E-state index is 14.5. The maximum Gasteiger partial charge on any atom is 0.417 e. The summed E-state index contributed by atoms with van der Waals surface area (Å²) in [6.07, 6.45) is -4.32. The highest BCUT2D eigenvalue weighted by Crippen LogP contribution is 2.38. The van der Waals surface area contributed by atoms with Gasteiger partial charge in [0.15, 0.2) is 0 Å². The van der Waals surface area contributed by atoms with Crippen LogP contribution in [0.25, 0.3) is 0 Å². The third-order valence-electron chi connectivity index (χ3n) is 7.97. The van der Waals surface area contributed by atoms with Gasteiger partial charge in [-0.3, -0.25) is 13.9 Å². The van der Waals surface area contributed by atoms with E-state index in [1.165, 1.54) is 53.4 Å². The molecule has 0 spiro atoms. The fraction of sp³-hybridized carbons (Fsp3) is 0.278. The number of alkyl halides is 3. The van der Waals surface area contributed by atoms with Crippen molar-refractivity contribution in [1.82, 2.24) is 10.2 Å². The van der Waals surface area contributed by atoms with Crippen LogP contribution in [-0.4, -0.2) is 43.8 Å². The Bertz CT molecular complexity index is 1860. The van der Waals surface area contributed by atoms with Gasteiger partial charge >= 0.3 is 6.18 Å². The van der Waals surface area contributed by atoms with Crippen molar-refractivity contribution in [3.8, 4) is 0 Å². The van der Waals surface area contributed by atoms with Crippen LogP contribution in [0.4, 0.5) is 23.2 Å². The number of aryl methyl sites for hydroxylation is 1. The Morgan fingerprint density at radius 1 is 0.898 bits per heavy atom. The van der Waals surface area contributed by atoms with Crippen LogP contribution in [-0.2, 0) is 38.8 Å². The van der Waals surface area contributed by atoms with Crippen LogP contribution in [0.2, 0.25) is 5.02 Å². The first-order valence-corrected chi connectivity index (χ1v) is 17.3. The molecule has 0 saturated carbocycles. The number of hydrogen-bond acceptors (Lipinski definition) is 4. The molecule has 0 aliphatic heterocycles. The molecular weight excluding hydrogens is 682 g/mol. The SMILES string of the molecule is CC[C@H](C)NC(=O)[C@H](Cc1ccccc1)N(Cc1ccc(F)cc1)C(=O)CN(c1ccc(Cl)c(C(F)(F)F)c1)S(=O)(=O)c1ccc(C)cc1. The lowest BCUT2D eigenvalue weighted by molar-refractivity contribution is -0.140. The number of carbonyl (C=O) groups is 2. The average Bonchev–Trinajstić information content (AvgIpc) is 3.06. The first-order chi connectivity index (χ1) is 23.1. The van der Waals surface area contributed by atoms with Gasteiger partial charge in [-0.25, -0.2) is 12.8 Å². The highest BCUT2D eigenvalue weighted by Gasteiger charge is 2.38. The van der Waals surface area contributed by atoms with Gasteiger partial charge in [0, 0.05) is 19.0 Å². The zero-order valence-corrected chi connectivity index (χ0v) is 28.6. The van der Waals surface area contributed by atoms with Gasteiger partial charge in [-0.05, 0) is 73.9 Å². The number of halogens is 5. The number of nitrogens with zero attached hydrogens (tertiary/aromatic N) is 2. The third-order valence-corrected chi connectivity index (χ3v) is 10.1. The summed E-state index contributed by atoms with van der Waals surface area (Å²) >= 11 is 5.86. The minimum absolute atomic E-state index is 0.0277. The lowest BCUT2D eigenvalue weighted by Crippen LogP contribution is -2.54. The number of benzene rings is 4. The minimum atomic E-state index is -4.93. The molecule has 2 atom stereocenters. The van der Waals surface area contributed by atoms with Crippen molar-refractivity contribution >= 4 is 39.1 Å². The minimum Gasteiger partial charge on any atom is -0.352 e. The van der Waals surface area contributed by atoms with E-state index in [0.29, 0.717) is 27.9 Å². The number of hydrogen-bond donors (Lipinski definition) is 1. The second kappa shape index (κ2) is 15.9. The van der Waals surface area contributed by atoms with Gasteiger partial charge in [-0.2, -0.15) is 13.2 Å². The second-order valence-corrected chi connectivity index (χ2v) is 13.9. The van der Waals surface area contributed by atoms with E-state index in [1.807, 2.05) is 6.92 Å². The molecule has 4 rings (SSSR count). The predicted octanol–water partition coefficient (Wildman–Crippen LogP) is 7.56. The molecule has 13 heteroatoms. The Morgan fingerprint density at radius 3 is 2.12 bits per heavy atom.